The summed E-state index contributed by atoms with van der Waals surface area (Å²) in [7, 11) is 0. The molecule has 0 spiro atoms. The van der Waals surface area contributed by atoms with Crippen LogP contribution in [0, 0.1) is 0 Å². The minimum absolute atomic E-state index is 0.0540. The molecule has 1 aliphatic rings. The van der Waals surface area contributed by atoms with E-state index in [1.54, 1.807) is 0 Å². The van der Waals surface area contributed by atoms with Gasteiger partial charge in [0.25, 0.3) is 5.91 Å². The van der Waals surface area contributed by atoms with Crippen LogP contribution in [0.15, 0.2) is 40.9 Å². The fourth-order valence-corrected chi connectivity index (χ4v) is 3.02. The van der Waals surface area contributed by atoms with E-state index in [2.05, 4.69) is 33.5 Å². The summed E-state index contributed by atoms with van der Waals surface area (Å²) >= 11 is 3.46. The van der Waals surface area contributed by atoms with E-state index in [0.29, 0.717) is 5.56 Å². The molecule has 1 aliphatic heterocycles. The zero-order chi connectivity index (χ0) is 14.8. The zero-order valence-corrected chi connectivity index (χ0v) is 13.5. The van der Waals surface area contributed by atoms with Crippen LogP contribution in [0.5, 0.6) is 0 Å². The van der Waals surface area contributed by atoms with Gasteiger partial charge in [-0.15, -0.1) is 0 Å². The Morgan fingerprint density at radius 2 is 2.00 bits per heavy atom. The van der Waals surface area contributed by atoms with Crippen LogP contribution in [0.4, 0.5) is 5.69 Å². The lowest BCUT2D eigenvalue weighted by Gasteiger charge is -2.11. The van der Waals surface area contributed by atoms with Crippen molar-refractivity contribution in [1.29, 1.82) is 0 Å². The van der Waals surface area contributed by atoms with Crippen molar-refractivity contribution in [2.75, 3.05) is 5.32 Å². The molecule has 3 rings (SSSR count). The third-order valence-electron chi connectivity index (χ3n) is 3.80. The molecule has 0 atom stereocenters. The summed E-state index contributed by atoms with van der Waals surface area (Å²) in [5.41, 5.74) is 5.21. The minimum Gasteiger partial charge on any atom is -0.322 e. The highest BCUT2D eigenvalue weighted by Gasteiger charge is 2.14. The van der Waals surface area contributed by atoms with Crippen LogP contribution in [-0.4, -0.2) is 5.91 Å². The van der Waals surface area contributed by atoms with Crippen molar-refractivity contribution in [2.45, 2.75) is 26.4 Å². The Morgan fingerprint density at radius 1 is 1.19 bits per heavy atom. The van der Waals surface area contributed by atoms with E-state index in [0.717, 1.165) is 35.2 Å². The molecule has 0 aromatic heterocycles. The Kier molecular flexibility index (Phi) is 4.08. The molecule has 0 bridgehead atoms. The van der Waals surface area contributed by atoms with Gasteiger partial charge in [0.1, 0.15) is 0 Å². The van der Waals surface area contributed by atoms with E-state index in [1.165, 1.54) is 11.1 Å². The van der Waals surface area contributed by atoms with Gasteiger partial charge in [-0.2, -0.15) is 0 Å². The molecule has 2 N–H and O–H groups in total. The van der Waals surface area contributed by atoms with Crippen molar-refractivity contribution < 1.29 is 4.79 Å². The topological polar surface area (TPSA) is 41.1 Å². The number of halogens is 1. The average Bonchev–Trinajstić information content (AvgIpc) is 2.96. The minimum atomic E-state index is -0.0540. The standard InChI is InChI=1S/C17H17BrN2O/c1-2-11-8-15(18)5-6-16(11)20-17(21)12-3-4-13-9-19-10-14(13)7-12/h3-8,19H,2,9-10H2,1H3,(H,20,21). The molecule has 1 heterocycles. The normalized spacial score (nSPS) is 13.0. The lowest BCUT2D eigenvalue weighted by Crippen LogP contribution is -2.13. The van der Waals surface area contributed by atoms with Crippen LogP contribution in [-0.2, 0) is 19.5 Å². The summed E-state index contributed by atoms with van der Waals surface area (Å²) < 4.78 is 1.03. The average molecular weight is 345 g/mol. The third-order valence-corrected chi connectivity index (χ3v) is 4.29. The van der Waals surface area contributed by atoms with Gasteiger partial charge < -0.3 is 10.6 Å². The summed E-state index contributed by atoms with van der Waals surface area (Å²) in [5, 5.41) is 6.31. The monoisotopic (exact) mass is 344 g/mol. The number of carbonyl (C=O) groups is 1. The molecule has 0 aliphatic carbocycles. The first-order valence-corrected chi connectivity index (χ1v) is 7.89. The Bertz CT molecular complexity index is 697. The zero-order valence-electron chi connectivity index (χ0n) is 11.9. The molecule has 2 aromatic rings. The molecule has 3 nitrogen and oxygen atoms in total. The predicted molar refractivity (Wildman–Crippen MR) is 88.5 cm³/mol. The van der Waals surface area contributed by atoms with Crippen LogP contribution in [0.3, 0.4) is 0 Å². The fraction of sp³-hybridized carbons (Fsp3) is 0.235. The van der Waals surface area contributed by atoms with Crippen molar-refractivity contribution in [1.82, 2.24) is 5.32 Å². The molecule has 0 fully saturated rings. The van der Waals surface area contributed by atoms with Crippen LogP contribution in [0.2, 0.25) is 0 Å². The van der Waals surface area contributed by atoms with E-state index >= 15 is 0 Å². The van der Waals surface area contributed by atoms with E-state index in [-0.39, 0.29) is 5.91 Å². The highest BCUT2D eigenvalue weighted by molar-refractivity contribution is 9.10. The summed E-state index contributed by atoms with van der Waals surface area (Å²) in [4.78, 5) is 12.4. The van der Waals surface area contributed by atoms with E-state index in [1.807, 2.05) is 36.4 Å². The molecule has 2 aromatic carbocycles. The van der Waals surface area contributed by atoms with Gasteiger partial charge in [-0.05, 0) is 53.4 Å². The summed E-state index contributed by atoms with van der Waals surface area (Å²) in [6.45, 7) is 3.82. The SMILES string of the molecule is CCc1cc(Br)ccc1NC(=O)c1ccc2c(c1)CNC2. The summed E-state index contributed by atoms with van der Waals surface area (Å²) in [5.74, 6) is -0.0540. The van der Waals surface area contributed by atoms with Gasteiger partial charge in [0.15, 0.2) is 0 Å². The van der Waals surface area contributed by atoms with E-state index in [9.17, 15) is 4.79 Å². The second-order valence-electron chi connectivity index (χ2n) is 5.20. The van der Waals surface area contributed by atoms with Crippen molar-refractivity contribution >= 4 is 27.5 Å². The molecule has 0 radical (unpaired) electrons. The Balaban J connectivity index is 1.83. The fourth-order valence-electron chi connectivity index (χ4n) is 2.61. The van der Waals surface area contributed by atoms with Crippen molar-refractivity contribution in [3.05, 3.63) is 63.1 Å². The van der Waals surface area contributed by atoms with Gasteiger partial charge in [0.2, 0.25) is 0 Å². The number of anilines is 1. The maximum atomic E-state index is 12.4. The third kappa shape index (κ3) is 3.01. The van der Waals surface area contributed by atoms with E-state index in [4.69, 9.17) is 0 Å². The van der Waals surface area contributed by atoms with Gasteiger partial charge in [-0.3, -0.25) is 4.79 Å². The van der Waals surface area contributed by atoms with Crippen LogP contribution in [0.1, 0.15) is 34.0 Å². The lowest BCUT2D eigenvalue weighted by atomic mass is 10.1. The molecule has 0 unspecified atom stereocenters. The Hall–Kier alpha value is -1.65. The van der Waals surface area contributed by atoms with Gasteiger partial charge in [-0.1, -0.05) is 28.9 Å². The summed E-state index contributed by atoms with van der Waals surface area (Å²) in [6.07, 6.45) is 0.878. The molecule has 1 amide bonds. The van der Waals surface area contributed by atoms with Crippen molar-refractivity contribution in [3.63, 3.8) is 0 Å². The van der Waals surface area contributed by atoms with Gasteiger partial charge in [-0.25, -0.2) is 0 Å². The largest absolute Gasteiger partial charge is 0.322 e. The molecule has 108 valence electrons. The maximum Gasteiger partial charge on any atom is 0.255 e. The van der Waals surface area contributed by atoms with Crippen LogP contribution >= 0.6 is 15.9 Å². The number of nitrogens with one attached hydrogen (secondary N) is 2. The first kappa shape index (κ1) is 14.3. The van der Waals surface area contributed by atoms with Gasteiger partial charge in [0.05, 0.1) is 0 Å². The van der Waals surface area contributed by atoms with Crippen molar-refractivity contribution in [3.8, 4) is 0 Å². The lowest BCUT2D eigenvalue weighted by molar-refractivity contribution is 0.102. The van der Waals surface area contributed by atoms with Crippen LogP contribution < -0.4 is 10.6 Å². The number of hydrogen-bond donors (Lipinski definition) is 2. The number of fused-ring (bicyclic) bond motifs is 1. The van der Waals surface area contributed by atoms with Crippen LogP contribution in [0.25, 0.3) is 0 Å². The second-order valence-corrected chi connectivity index (χ2v) is 6.11. The predicted octanol–water partition coefficient (Wildman–Crippen LogP) is 3.87. The Labute approximate surface area is 132 Å². The highest BCUT2D eigenvalue weighted by Crippen LogP contribution is 2.23. The van der Waals surface area contributed by atoms with E-state index < -0.39 is 0 Å². The molecule has 21 heavy (non-hydrogen) atoms. The number of amides is 1. The van der Waals surface area contributed by atoms with Gasteiger partial charge >= 0.3 is 0 Å². The van der Waals surface area contributed by atoms with Gasteiger partial charge in [0, 0.05) is 28.8 Å². The maximum absolute atomic E-state index is 12.4. The Morgan fingerprint density at radius 3 is 2.81 bits per heavy atom. The highest BCUT2D eigenvalue weighted by atomic mass is 79.9. The number of rotatable bonds is 3. The number of benzene rings is 2. The second kappa shape index (κ2) is 6.00. The number of aryl methyl sites for hydroxylation is 1. The number of carbonyl (C=O) groups excluding carboxylic acids is 1. The molecular formula is C17H17BrN2O. The first-order valence-electron chi connectivity index (χ1n) is 7.09. The smallest absolute Gasteiger partial charge is 0.255 e. The first-order chi connectivity index (χ1) is 10.2. The molecular weight excluding hydrogens is 328 g/mol. The number of hydrogen-bond acceptors (Lipinski definition) is 2. The molecule has 4 heteroatoms. The molecule has 0 saturated carbocycles. The summed E-state index contributed by atoms with van der Waals surface area (Å²) in [6, 6.07) is 11.8. The quantitative estimate of drug-likeness (QED) is 0.887. The molecule has 0 saturated heterocycles. The van der Waals surface area contributed by atoms with Crippen molar-refractivity contribution in [2.24, 2.45) is 0 Å².